The van der Waals surface area contributed by atoms with Crippen LogP contribution < -0.4 is 10.6 Å². The summed E-state index contributed by atoms with van der Waals surface area (Å²) in [5.41, 5.74) is 1.76. The molecule has 0 atom stereocenters. The molecule has 3 aromatic rings. The molecular weight excluding hydrogens is 388 g/mol. The topological polar surface area (TPSA) is 102 Å². The van der Waals surface area contributed by atoms with Gasteiger partial charge >= 0.3 is 0 Å². The van der Waals surface area contributed by atoms with E-state index < -0.39 is 9.84 Å². The third-order valence-electron chi connectivity index (χ3n) is 3.63. The molecule has 0 saturated carbocycles. The largest absolute Gasteiger partial charge is 0.365 e. The van der Waals surface area contributed by atoms with Crippen LogP contribution in [0.2, 0.25) is 5.02 Å². The van der Waals surface area contributed by atoms with Crippen molar-refractivity contribution in [3.63, 3.8) is 0 Å². The maximum Gasteiger partial charge on any atom is 0.229 e. The van der Waals surface area contributed by atoms with Gasteiger partial charge in [-0.15, -0.1) is 0 Å². The highest BCUT2D eigenvalue weighted by molar-refractivity contribution is 7.90. The Labute approximate surface area is 162 Å². The Morgan fingerprint density at radius 2 is 1.96 bits per heavy atom. The first-order valence-corrected chi connectivity index (χ1v) is 10.6. The third-order valence-corrected chi connectivity index (χ3v) is 4.83. The fourth-order valence-corrected chi connectivity index (χ4v) is 2.95. The van der Waals surface area contributed by atoms with Crippen molar-refractivity contribution < 1.29 is 8.42 Å². The Morgan fingerprint density at radius 1 is 1.19 bits per heavy atom. The van der Waals surface area contributed by atoms with E-state index in [1.165, 1.54) is 12.5 Å². The maximum absolute atomic E-state index is 11.2. The molecule has 8 nitrogen and oxygen atoms in total. The average molecular weight is 407 g/mol. The van der Waals surface area contributed by atoms with E-state index >= 15 is 0 Å². The standard InChI is InChI=1S/C17H19ClN6O2S/c1-27(25,26)8-7-24-12-14(10-21-24)22-17-20-11-15(18)16(23-17)19-9-13-5-3-2-4-6-13/h2-6,10-12H,7-9H2,1H3,(H2,19,20,22,23). The molecule has 142 valence electrons. The van der Waals surface area contributed by atoms with Gasteiger partial charge in [0.05, 0.1) is 30.4 Å². The first-order valence-electron chi connectivity index (χ1n) is 8.16. The van der Waals surface area contributed by atoms with Gasteiger partial charge in [0.25, 0.3) is 0 Å². The van der Waals surface area contributed by atoms with E-state index in [4.69, 9.17) is 11.6 Å². The second-order valence-corrected chi connectivity index (χ2v) is 8.64. The molecule has 0 unspecified atom stereocenters. The first-order chi connectivity index (χ1) is 12.9. The SMILES string of the molecule is CS(=O)(=O)CCn1cc(Nc2ncc(Cl)c(NCc3ccccc3)n2)cn1. The van der Waals surface area contributed by atoms with E-state index in [0.717, 1.165) is 5.56 Å². The van der Waals surface area contributed by atoms with E-state index in [2.05, 4.69) is 25.7 Å². The molecule has 0 aliphatic carbocycles. The number of aryl methyl sites for hydroxylation is 1. The molecule has 10 heteroatoms. The van der Waals surface area contributed by atoms with Gasteiger partial charge in [-0.3, -0.25) is 4.68 Å². The minimum absolute atomic E-state index is 0.0269. The van der Waals surface area contributed by atoms with E-state index in [9.17, 15) is 8.42 Å². The third kappa shape index (κ3) is 5.93. The number of halogens is 1. The number of anilines is 3. The van der Waals surface area contributed by atoms with Crippen molar-refractivity contribution in [1.82, 2.24) is 19.7 Å². The summed E-state index contributed by atoms with van der Waals surface area (Å²) in [7, 11) is -3.04. The van der Waals surface area contributed by atoms with Gasteiger partial charge in [-0.25, -0.2) is 13.4 Å². The molecule has 0 amide bonds. The lowest BCUT2D eigenvalue weighted by molar-refractivity contribution is 0.586. The van der Waals surface area contributed by atoms with Crippen LogP contribution in [0.4, 0.5) is 17.5 Å². The lowest BCUT2D eigenvalue weighted by Gasteiger charge is -2.09. The van der Waals surface area contributed by atoms with Crippen molar-refractivity contribution in [2.24, 2.45) is 0 Å². The molecule has 27 heavy (non-hydrogen) atoms. The number of hydrogen-bond acceptors (Lipinski definition) is 7. The molecule has 0 radical (unpaired) electrons. The zero-order valence-corrected chi connectivity index (χ0v) is 16.2. The van der Waals surface area contributed by atoms with Crippen molar-refractivity contribution in [3.05, 3.63) is 59.5 Å². The minimum Gasteiger partial charge on any atom is -0.365 e. The fourth-order valence-electron chi connectivity index (χ4n) is 2.27. The molecule has 2 aromatic heterocycles. The predicted octanol–water partition coefficient (Wildman–Crippen LogP) is 2.73. The summed E-state index contributed by atoms with van der Waals surface area (Å²) >= 11 is 6.16. The van der Waals surface area contributed by atoms with Crippen molar-refractivity contribution in [2.45, 2.75) is 13.1 Å². The maximum atomic E-state index is 11.2. The number of hydrogen-bond donors (Lipinski definition) is 2. The number of nitrogens with one attached hydrogen (secondary N) is 2. The van der Waals surface area contributed by atoms with Crippen LogP contribution in [-0.4, -0.2) is 40.2 Å². The van der Waals surface area contributed by atoms with E-state index in [1.54, 1.807) is 17.1 Å². The molecule has 2 N–H and O–H groups in total. The second kappa shape index (κ2) is 8.36. The summed E-state index contributed by atoms with van der Waals surface area (Å²) in [6, 6.07) is 9.90. The Morgan fingerprint density at radius 3 is 2.70 bits per heavy atom. The average Bonchev–Trinajstić information content (AvgIpc) is 3.08. The lowest BCUT2D eigenvalue weighted by atomic mass is 10.2. The minimum atomic E-state index is -3.04. The van der Waals surface area contributed by atoms with E-state index in [-0.39, 0.29) is 12.3 Å². The van der Waals surface area contributed by atoms with Gasteiger partial charge in [0.2, 0.25) is 5.95 Å². The highest BCUT2D eigenvalue weighted by Crippen LogP contribution is 2.22. The Balaban J connectivity index is 1.64. The number of sulfone groups is 1. The van der Waals surface area contributed by atoms with Gasteiger partial charge in [-0.2, -0.15) is 10.1 Å². The van der Waals surface area contributed by atoms with Crippen LogP contribution >= 0.6 is 11.6 Å². The van der Waals surface area contributed by atoms with E-state index in [0.29, 0.717) is 29.0 Å². The van der Waals surface area contributed by atoms with Gasteiger partial charge in [0.15, 0.2) is 5.82 Å². The van der Waals surface area contributed by atoms with Crippen molar-refractivity contribution in [1.29, 1.82) is 0 Å². The van der Waals surface area contributed by atoms with Crippen LogP contribution in [0.3, 0.4) is 0 Å². The highest BCUT2D eigenvalue weighted by Gasteiger charge is 2.08. The van der Waals surface area contributed by atoms with Gasteiger partial charge in [0.1, 0.15) is 14.9 Å². The number of aromatic nitrogens is 4. The quantitative estimate of drug-likeness (QED) is 0.592. The monoisotopic (exact) mass is 406 g/mol. The number of rotatable bonds is 8. The van der Waals surface area contributed by atoms with Crippen molar-refractivity contribution in [3.8, 4) is 0 Å². The normalized spacial score (nSPS) is 11.3. The zero-order chi connectivity index (χ0) is 19.3. The molecule has 3 rings (SSSR count). The first kappa shape index (κ1) is 19.1. The fraction of sp³-hybridized carbons (Fsp3) is 0.235. The van der Waals surface area contributed by atoms with Crippen molar-refractivity contribution in [2.75, 3.05) is 22.6 Å². The van der Waals surface area contributed by atoms with Crippen LogP contribution in [-0.2, 0) is 22.9 Å². The molecule has 1 aromatic carbocycles. The summed E-state index contributed by atoms with van der Waals surface area (Å²) in [5, 5.41) is 10.8. The summed E-state index contributed by atoms with van der Waals surface area (Å²) in [6.07, 6.45) is 5.98. The van der Waals surface area contributed by atoms with Crippen LogP contribution in [0.5, 0.6) is 0 Å². The Hall–Kier alpha value is -2.65. The molecule has 0 fully saturated rings. The van der Waals surface area contributed by atoms with Gasteiger partial charge in [0, 0.05) is 19.0 Å². The van der Waals surface area contributed by atoms with Gasteiger partial charge in [-0.1, -0.05) is 41.9 Å². The highest BCUT2D eigenvalue weighted by atomic mass is 35.5. The molecular formula is C17H19ClN6O2S. The van der Waals surface area contributed by atoms with Gasteiger partial charge < -0.3 is 10.6 Å². The number of nitrogens with zero attached hydrogens (tertiary/aromatic N) is 4. The summed E-state index contributed by atoms with van der Waals surface area (Å²) in [4.78, 5) is 8.54. The van der Waals surface area contributed by atoms with Gasteiger partial charge in [-0.05, 0) is 5.56 Å². The van der Waals surface area contributed by atoms with Crippen LogP contribution in [0, 0.1) is 0 Å². The Kier molecular flexibility index (Phi) is 5.92. The summed E-state index contributed by atoms with van der Waals surface area (Å²) in [5.74, 6) is 0.902. The van der Waals surface area contributed by atoms with Crippen LogP contribution in [0.1, 0.15) is 5.56 Å². The molecule has 0 aliphatic rings. The molecule has 0 bridgehead atoms. The molecule has 0 aliphatic heterocycles. The molecule has 0 spiro atoms. The summed E-state index contributed by atoms with van der Waals surface area (Å²) < 4.78 is 24.0. The van der Waals surface area contributed by atoms with E-state index in [1.807, 2.05) is 30.3 Å². The smallest absolute Gasteiger partial charge is 0.229 e. The second-order valence-electron chi connectivity index (χ2n) is 5.98. The lowest BCUT2D eigenvalue weighted by Crippen LogP contribution is -2.11. The van der Waals surface area contributed by atoms with Crippen LogP contribution in [0.25, 0.3) is 0 Å². The zero-order valence-electron chi connectivity index (χ0n) is 14.6. The molecule has 2 heterocycles. The number of benzene rings is 1. The Bertz CT molecular complexity index is 1010. The molecule has 0 saturated heterocycles. The van der Waals surface area contributed by atoms with Crippen molar-refractivity contribution >= 4 is 38.9 Å². The summed E-state index contributed by atoms with van der Waals surface area (Å²) in [6.45, 7) is 0.867. The van der Waals surface area contributed by atoms with Crippen LogP contribution in [0.15, 0.2) is 48.9 Å². The predicted molar refractivity (Wildman–Crippen MR) is 106 cm³/mol.